The van der Waals surface area contributed by atoms with Gasteiger partial charge in [0, 0.05) is 13.6 Å². The Morgan fingerprint density at radius 2 is 2.17 bits per heavy atom. The molecule has 0 spiro atoms. The highest BCUT2D eigenvalue weighted by molar-refractivity contribution is 5.51. The van der Waals surface area contributed by atoms with Crippen molar-refractivity contribution in [2.45, 2.75) is 13.5 Å². The summed E-state index contributed by atoms with van der Waals surface area (Å²) in [5.74, 6) is 0. The molecule has 4 N–H and O–H groups in total. The summed E-state index contributed by atoms with van der Waals surface area (Å²) in [7, 11) is 1.83. The van der Waals surface area contributed by atoms with Gasteiger partial charge >= 0.3 is 0 Å². The topological polar surface area (TPSA) is 50.1 Å². The van der Waals surface area contributed by atoms with E-state index in [-0.39, 0.29) is 0 Å². The lowest BCUT2D eigenvalue weighted by atomic mass is 10.1. The Morgan fingerprint density at radius 3 is 2.75 bits per heavy atom. The standard InChI is InChI=1S/C9H15N3/c1-7-3-4-9(12-11-2)8(5-7)6-10/h3-5,11-12H,6,10H2,1-2H3. The van der Waals surface area contributed by atoms with Crippen LogP contribution in [0.4, 0.5) is 5.69 Å². The Hall–Kier alpha value is -1.06. The van der Waals surface area contributed by atoms with Crippen LogP contribution in [0.1, 0.15) is 11.1 Å². The van der Waals surface area contributed by atoms with E-state index in [0.717, 1.165) is 11.3 Å². The van der Waals surface area contributed by atoms with E-state index in [0.29, 0.717) is 6.54 Å². The molecule has 1 aromatic rings. The molecule has 0 saturated carbocycles. The zero-order valence-electron chi connectivity index (χ0n) is 7.52. The van der Waals surface area contributed by atoms with Crippen LogP contribution < -0.4 is 16.6 Å². The monoisotopic (exact) mass is 165 g/mol. The van der Waals surface area contributed by atoms with Crippen LogP contribution in [0.25, 0.3) is 0 Å². The third kappa shape index (κ3) is 1.96. The molecule has 3 heteroatoms. The third-order valence-electron chi connectivity index (χ3n) is 1.74. The van der Waals surface area contributed by atoms with Crippen LogP contribution in [0.15, 0.2) is 18.2 Å². The summed E-state index contributed by atoms with van der Waals surface area (Å²) in [5.41, 5.74) is 14.9. The first kappa shape index (κ1) is 9.03. The van der Waals surface area contributed by atoms with Gasteiger partial charge in [-0.3, -0.25) is 0 Å². The average molecular weight is 165 g/mol. The molecule has 0 unspecified atom stereocenters. The summed E-state index contributed by atoms with van der Waals surface area (Å²) < 4.78 is 0. The van der Waals surface area contributed by atoms with Crippen molar-refractivity contribution in [2.75, 3.05) is 12.5 Å². The average Bonchev–Trinajstić information content (AvgIpc) is 2.08. The summed E-state index contributed by atoms with van der Waals surface area (Å²) in [4.78, 5) is 0. The van der Waals surface area contributed by atoms with Gasteiger partial charge in [-0.2, -0.15) is 0 Å². The van der Waals surface area contributed by atoms with Crippen LogP contribution in [-0.2, 0) is 6.54 Å². The van der Waals surface area contributed by atoms with E-state index in [4.69, 9.17) is 5.73 Å². The third-order valence-corrected chi connectivity index (χ3v) is 1.74. The molecular weight excluding hydrogens is 150 g/mol. The molecule has 0 atom stereocenters. The second-order valence-corrected chi connectivity index (χ2v) is 2.74. The maximum Gasteiger partial charge on any atom is 0.0532 e. The number of nitrogens with one attached hydrogen (secondary N) is 2. The zero-order chi connectivity index (χ0) is 8.97. The second-order valence-electron chi connectivity index (χ2n) is 2.74. The smallest absolute Gasteiger partial charge is 0.0532 e. The number of hydrogen-bond acceptors (Lipinski definition) is 3. The van der Waals surface area contributed by atoms with Crippen molar-refractivity contribution in [3.8, 4) is 0 Å². The van der Waals surface area contributed by atoms with Crippen LogP contribution in [0, 0.1) is 6.92 Å². The minimum absolute atomic E-state index is 0.561. The van der Waals surface area contributed by atoms with Crippen LogP contribution in [0.5, 0.6) is 0 Å². The molecule has 0 fully saturated rings. The van der Waals surface area contributed by atoms with E-state index < -0.39 is 0 Å². The molecule has 12 heavy (non-hydrogen) atoms. The fourth-order valence-corrected chi connectivity index (χ4v) is 1.15. The predicted molar refractivity (Wildman–Crippen MR) is 51.8 cm³/mol. The number of rotatable bonds is 3. The SMILES string of the molecule is CNNc1ccc(C)cc1CN. The van der Waals surface area contributed by atoms with Crippen molar-refractivity contribution in [2.24, 2.45) is 5.73 Å². The van der Waals surface area contributed by atoms with Gasteiger partial charge in [-0.25, -0.2) is 5.43 Å². The molecule has 0 aromatic heterocycles. The first-order valence-electron chi connectivity index (χ1n) is 4.00. The normalized spacial score (nSPS) is 9.92. The summed E-state index contributed by atoms with van der Waals surface area (Å²) in [6, 6.07) is 6.16. The van der Waals surface area contributed by atoms with E-state index in [9.17, 15) is 0 Å². The molecule has 1 aromatic carbocycles. The van der Waals surface area contributed by atoms with Gasteiger partial charge in [-0.15, -0.1) is 0 Å². The molecule has 66 valence electrons. The van der Waals surface area contributed by atoms with Gasteiger partial charge < -0.3 is 11.2 Å². The first-order chi connectivity index (χ1) is 5.77. The Balaban J connectivity index is 2.94. The Morgan fingerprint density at radius 1 is 1.42 bits per heavy atom. The molecule has 0 heterocycles. The fourth-order valence-electron chi connectivity index (χ4n) is 1.15. The minimum atomic E-state index is 0.561. The lowest BCUT2D eigenvalue weighted by Crippen LogP contribution is -2.17. The first-order valence-corrected chi connectivity index (χ1v) is 4.00. The molecular formula is C9H15N3. The summed E-state index contributed by atoms with van der Waals surface area (Å²) in [6.07, 6.45) is 0. The molecule has 0 aliphatic carbocycles. The summed E-state index contributed by atoms with van der Waals surface area (Å²) in [5, 5.41) is 0. The van der Waals surface area contributed by atoms with Gasteiger partial charge in [0.2, 0.25) is 0 Å². The Bertz CT molecular complexity index is 258. The van der Waals surface area contributed by atoms with Crippen molar-refractivity contribution >= 4 is 5.69 Å². The van der Waals surface area contributed by atoms with E-state index in [1.807, 2.05) is 13.1 Å². The van der Waals surface area contributed by atoms with Gasteiger partial charge in [0.05, 0.1) is 5.69 Å². The van der Waals surface area contributed by atoms with Crippen LogP contribution >= 0.6 is 0 Å². The molecule has 0 bridgehead atoms. The fraction of sp³-hybridized carbons (Fsp3) is 0.333. The highest BCUT2D eigenvalue weighted by Gasteiger charge is 1.98. The molecule has 0 saturated heterocycles. The number of hydrazine groups is 1. The molecule has 3 nitrogen and oxygen atoms in total. The van der Waals surface area contributed by atoms with Gasteiger partial charge in [-0.1, -0.05) is 17.7 Å². The lowest BCUT2D eigenvalue weighted by Gasteiger charge is -2.09. The number of hydrogen-bond donors (Lipinski definition) is 3. The zero-order valence-corrected chi connectivity index (χ0v) is 7.52. The Kier molecular flexibility index (Phi) is 3.08. The number of nitrogens with two attached hydrogens (primary N) is 1. The largest absolute Gasteiger partial charge is 0.326 e. The lowest BCUT2D eigenvalue weighted by molar-refractivity contribution is 0.963. The maximum absolute atomic E-state index is 5.58. The molecule has 0 amide bonds. The maximum atomic E-state index is 5.58. The summed E-state index contributed by atoms with van der Waals surface area (Å²) >= 11 is 0. The van der Waals surface area contributed by atoms with Gasteiger partial charge in [-0.05, 0) is 18.6 Å². The number of benzene rings is 1. The van der Waals surface area contributed by atoms with Crippen LogP contribution in [0.2, 0.25) is 0 Å². The molecule has 1 rings (SSSR count). The second kappa shape index (κ2) is 4.09. The van der Waals surface area contributed by atoms with Crippen molar-refractivity contribution in [3.63, 3.8) is 0 Å². The Labute approximate surface area is 72.9 Å². The quantitative estimate of drug-likeness (QED) is 0.586. The van der Waals surface area contributed by atoms with Gasteiger partial charge in [0.25, 0.3) is 0 Å². The van der Waals surface area contributed by atoms with Crippen molar-refractivity contribution in [3.05, 3.63) is 29.3 Å². The van der Waals surface area contributed by atoms with E-state index >= 15 is 0 Å². The molecule has 0 aliphatic heterocycles. The van der Waals surface area contributed by atoms with Crippen LogP contribution in [-0.4, -0.2) is 7.05 Å². The molecule has 0 radical (unpaired) electrons. The van der Waals surface area contributed by atoms with Crippen molar-refractivity contribution in [1.82, 2.24) is 5.43 Å². The molecule has 0 aliphatic rings. The van der Waals surface area contributed by atoms with E-state index in [2.05, 4.69) is 29.9 Å². The highest BCUT2D eigenvalue weighted by Crippen LogP contribution is 2.15. The van der Waals surface area contributed by atoms with E-state index in [1.54, 1.807) is 0 Å². The van der Waals surface area contributed by atoms with Crippen LogP contribution in [0.3, 0.4) is 0 Å². The highest BCUT2D eigenvalue weighted by atomic mass is 15.3. The van der Waals surface area contributed by atoms with Gasteiger partial charge in [0.1, 0.15) is 0 Å². The van der Waals surface area contributed by atoms with Crippen molar-refractivity contribution in [1.29, 1.82) is 0 Å². The predicted octanol–water partition coefficient (Wildman–Crippen LogP) is 1.00. The van der Waals surface area contributed by atoms with Gasteiger partial charge in [0.15, 0.2) is 0 Å². The minimum Gasteiger partial charge on any atom is -0.326 e. The number of anilines is 1. The van der Waals surface area contributed by atoms with Crippen molar-refractivity contribution < 1.29 is 0 Å². The van der Waals surface area contributed by atoms with E-state index in [1.165, 1.54) is 5.56 Å². The number of aryl methyl sites for hydroxylation is 1. The summed E-state index contributed by atoms with van der Waals surface area (Å²) in [6.45, 7) is 2.62.